The van der Waals surface area contributed by atoms with Gasteiger partial charge in [0.25, 0.3) is 0 Å². The highest BCUT2D eigenvalue weighted by molar-refractivity contribution is 5.50. The zero-order valence-corrected chi connectivity index (χ0v) is 8.22. The van der Waals surface area contributed by atoms with Crippen LogP contribution in [0.2, 0.25) is 0 Å². The van der Waals surface area contributed by atoms with Gasteiger partial charge >= 0.3 is 0 Å². The number of aryl methyl sites for hydroxylation is 1. The van der Waals surface area contributed by atoms with Crippen LogP contribution in [0, 0.1) is 12.8 Å². The summed E-state index contributed by atoms with van der Waals surface area (Å²) in [4.78, 5) is 0. The van der Waals surface area contributed by atoms with E-state index in [0.29, 0.717) is 0 Å². The summed E-state index contributed by atoms with van der Waals surface area (Å²) < 4.78 is 0. The van der Waals surface area contributed by atoms with Gasteiger partial charge < -0.3 is 5.32 Å². The van der Waals surface area contributed by atoms with Gasteiger partial charge in [-0.05, 0) is 30.9 Å². The molecule has 0 aromatic heterocycles. The van der Waals surface area contributed by atoms with Crippen molar-refractivity contribution in [3.05, 3.63) is 29.8 Å². The summed E-state index contributed by atoms with van der Waals surface area (Å²) in [7, 11) is 0. The van der Waals surface area contributed by atoms with Crippen molar-refractivity contribution >= 4 is 5.69 Å². The molecule has 0 heterocycles. The lowest BCUT2D eigenvalue weighted by molar-refractivity contribution is 0.760. The Labute approximate surface area is 80.2 Å². The summed E-state index contributed by atoms with van der Waals surface area (Å²) in [5, 5.41) is 3.48. The third kappa shape index (κ3) is 2.48. The molecule has 13 heavy (non-hydrogen) atoms. The summed E-state index contributed by atoms with van der Waals surface area (Å²) in [6.07, 6.45) is 4.25. The average Bonchev–Trinajstić information content (AvgIpc) is 2.92. The molecule has 1 aliphatic rings. The van der Waals surface area contributed by atoms with Crippen molar-refractivity contribution < 1.29 is 0 Å². The van der Waals surface area contributed by atoms with Gasteiger partial charge in [0.1, 0.15) is 0 Å². The molecule has 1 N–H and O–H groups in total. The molecule has 1 nitrogen and oxygen atoms in total. The minimum absolute atomic E-state index is 1.02. The van der Waals surface area contributed by atoms with Gasteiger partial charge in [0.15, 0.2) is 0 Å². The van der Waals surface area contributed by atoms with E-state index in [1.165, 1.54) is 30.5 Å². The molecule has 0 saturated heterocycles. The van der Waals surface area contributed by atoms with Crippen LogP contribution in [0.5, 0.6) is 0 Å². The first-order valence-corrected chi connectivity index (χ1v) is 5.16. The fourth-order valence-corrected chi connectivity index (χ4v) is 1.59. The van der Waals surface area contributed by atoms with Crippen molar-refractivity contribution in [2.75, 3.05) is 11.9 Å². The predicted molar refractivity (Wildman–Crippen MR) is 57.0 cm³/mol. The minimum atomic E-state index is 1.02. The van der Waals surface area contributed by atoms with E-state index in [1.54, 1.807) is 0 Å². The molecule has 0 unspecified atom stereocenters. The monoisotopic (exact) mass is 175 g/mol. The SMILES string of the molecule is Cc1ccccc1NCCC1CC1. The smallest absolute Gasteiger partial charge is 0.0369 e. The van der Waals surface area contributed by atoms with E-state index in [1.807, 2.05) is 0 Å². The van der Waals surface area contributed by atoms with Crippen molar-refractivity contribution in [3.8, 4) is 0 Å². The van der Waals surface area contributed by atoms with Crippen LogP contribution in [-0.4, -0.2) is 6.54 Å². The highest BCUT2D eigenvalue weighted by Crippen LogP contribution is 2.32. The molecule has 0 bridgehead atoms. The minimum Gasteiger partial charge on any atom is -0.385 e. The Balaban J connectivity index is 1.82. The summed E-state index contributed by atoms with van der Waals surface area (Å²) in [5.74, 6) is 1.02. The second kappa shape index (κ2) is 3.82. The van der Waals surface area contributed by atoms with E-state index in [9.17, 15) is 0 Å². The summed E-state index contributed by atoms with van der Waals surface area (Å²) >= 11 is 0. The van der Waals surface area contributed by atoms with Gasteiger partial charge in [0.2, 0.25) is 0 Å². The first kappa shape index (κ1) is 8.61. The number of hydrogen-bond acceptors (Lipinski definition) is 1. The Bertz CT molecular complexity index is 276. The molecule has 0 radical (unpaired) electrons. The third-order valence-corrected chi connectivity index (χ3v) is 2.71. The van der Waals surface area contributed by atoms with Gasteiger partial charge in [-0.15, -0.1) is 0 Å². The Morgan fingerprint density at radius 3 is 2.77 bits per heavy atom. The van der Waals surface area contributed by atoms with Crippen LogP contribution in [0.25, 0.3) is 0 Å². The van der Waals surface area contributed by atoms with Crippen molar-refractivity contribution in [1.82, 2.24) is 0 Å². The fourth-order valence-electron chi connectivity index (χ4n) is 1.59. The Morgan fingerprint density at radius 1 is 1.31 bits per heavy atom. The van der Waals surface area contributed by atoms with Crippen molar-refractivity contribution in [3.63, 3.8) is 0 Å². The quantitative estimate of drug-likeness (QED) is 0.741. The predicted octanol–water partition coefficient (Wildman–Crippen LogP) is 3.21. The van der Waals surface area contributed by atoms with Gasteiger partial charge in [0.05, 0.1) is 0 Å². The Hall–Kier alpha value is -0.980. The summed E-state index contributed by atoms with van der Waals surface area (Å²) in [5.41, 5.74) is 2.64. The van der Waals surface area contributed by atoms with E-state index in [4.69, 9.17) is 0 Å². The normalized spacial score (nSPS) is 15.8. The van der Waals surface area contributed by atoms with Gasteiger partial charge in [-0.2, -0.15) is 0 Å². The molecule has 1 aromatic rings. The number of rotatable bonds is 4. The number of para-hydroxylation sites is 1. The van der Waals surface area contributed by atoms with Gasteiger partial charge in [0, 0.05) is 12.2 Å². The van der Waals surface area contributed by atoms with Gasteiger partial charge in [-0.25, -0.2) is 0 Å². The van der Waals surface area contributed by atoms with E-state index < -0.39 is 0 Å². The molecule has 2 rings (SSSR count). The average molecular weight is 175 g/mol. The lowest BCUT2D eigenvalue weighted by Gasteiger charge is -2.08. The number of benzene rings is 1. The highest BCUT2D eigenvalue weighted by atomic mass is 14.9. The molecule has 1 aromatic carbocycles. The third-order valence-electron chi connectivity index (χ3n) is 2.71. The zero-order valence-electron chi connectivity index (χ0n) is 8.22. The lowest BCUT2D eigenvalue weighted by Crippen LogP contribution is -2.03. The Kier molecular flexibility index (Phi) is 2.53. The van der Waals surface area contributed by atoms with E-state index in [0.717, 1.165) is 12.5 Å². The maximum atomic E-state index is 3.48. The van der Waals surface area contributed by atoms with E-state index in [2.05, 4.69) is 36.5 Å². The van der Waals surface area contributed by atoms with Crippen molar-refractivity contribution in [2.45, 2.75) is 26.2 Å². The molecule has 1 saturated carbocycles. The first-order chi connectivity index (χ1) is 6.36. The first-order valence-electron chi connectivity index (χ1n) is 5.16. The zero-order chi connectivity index (χ0) is 9.10. The van der Waals surface area contributed by atoms with Crippen LogP contribution < -0.4 is 5.32 Å². The van der Waals surface area contributed by atoms with Crippen LogP contribution in [-0.2, 0) is 0 Å². The molecule has 70 valence electrons. The Morgan fingerprint density at radius 2 is 2.08 bits per heavy atom. The molecular weight excluding hydrogens is 158 g/mol. The number of anilines is 1. The van der Waals surface area contributed by atoms with Gasteiger partial charge in [-0.3, -0.25) is 0 Å². The van der Waals surface area contributed by atoms with Crippen LogP contribution in [0.1, 0.15) is 24.8 Å². The maximum Gasteiger partial charge on any atom is 0.0369 e. The molecule has 0 aliphatic heterocycles. The topological polar surface area (TPSA) is 12.0 Å². The molecule has 0 atom stereocenters. The highest BCUT2D eigenvalue weighted by Gasteiger charge is 2.20. The second-order valence-corrected chi connectivity index (χ2v) is 3.97. The van der Waals surface area contributed by atoms with E-state index >= 15 is 0 Å². The van der Waals surface area contributed by atoms with Crippen LogP contribution in [0.3, 0.4) is 0 Å². The fraction of sp³-hybridized carbons (Fsp3) is 0.500. The summed E-state index contributed by atoms with van der Waals surface area (Å²) in [6.45, 7) is 3.29. The molecular formula is C12H17N. The van der Waals surface area contributed by atoms with Crippen LogP contribution in [0.4, 0.5) is 5.69 Å². The molecule has 1 aliphatic carbocycles. The molecule has 0 spiro atoms. The van der Waals surface area contributed by atoms with Crippen molar-refractivity contribution in [2.24, 2.45) is 5.92 Å². The molecule has 1 heteroatoms. The second-order valence-electron chi connectivity index (χ2n) is 3.97. The lowest BCUT2D eigenvalue weighted by atomic mass is 10.2. The van der Waals surface area contributed by atoms with Gasteiger partial charge in [-0.1, -0.05) is 31.0 Å². The molecule has 0 amide bonds. The van der Waals surface area contributed by atoms with Crippen molar-refractivity contribution in [1.29, 1.82) is 0 Å². The standard InChI is InChI=1S/C12H17N/c1-10-4-2-3-5-12(10)13-9-8-11-6-7-11/h2-5,11,13H,6-9H2,1H3. The van der Waals surface area contributed by atoms with E-state index in [-0.39, 0.29) is 0 Å². The molecule has 1 fully saturated rings. The maximum absolute atomic E-state index is 3.48. The number of hydrogen-bond donors (Lipinski definition) is 1. The number of nitrogens with one attached hydrogen (secondary N) is 1. The van der Waals surface area contributed by atoms with Crippen LogP contribution >= 0.6 is 0 Å². The summed E-state index contributed by atoms with van der Waals surface area (Å²) in [6, 6.07) is 8.48. The van der Waals surface area contributed by atoms with Crippen LogP contribution in [0.15, 0.2) is 24.3 Å². The largest absolute Gasteiger partial charge is 0.385 e.